The van der Waals surface area contributed by atoms with Gasteiger partial charge in [-0.25, -0.2) is 10.8 Å². The van der Waals surface area contributed by atoms with Crippen LogP contribution in [0.4, 0.5) is 17.3 Å². The number of rotatable bonds is 7. The number of nitrogens with one attached hydrogen (secondary N) is 2. The molecule has 8 heteroatoms. The number of hydrazine groups is 1. The van der Waals surface area contributed by atoms with Crippen LogP contribution in [0.25, 0.3) is 0 Å². The predicted molar refractivity (Wildman–Crippen MR) is 72.8 cm³/mol. The topological polar surface area (TPSA) is 115 Å². The highest BCUT2D eigenvalue weighted by Crippen LogP contribution is 2.25. The van der Waals surface area contributed by atoms with E-state index in [1.165, 1.54) is 12.1 Å². The van der Waals surface area contributed by atoms with Crippen LogP contribution in [0.5, 0.6) is 0 Å². The molecule has 0 aliphatic heterocycles. The van der Waals surface area contributed by atoms with Gasteiger partial charge in [0, 0.05) is 13.2 Å². The number of aromatic nitrogens is 1. The monoisotopic (exact) mass is 269 g/mol. The molecule has 0 aliphatic rings. The third-order valence-corrected chi connectivity index (χ3v) is 2.69. The largest absolute Gasteiger partial charge is 0.383 e. The molecule has 1 aromatic heterocycles. The Morgan fingerprint density at radius 1 is 1.53 bits per heavy atom. The lowest BCUT2D eigenvalue weighted by Crippen LogP contribution is -2.31. The van der Waals surface area contributed by atoms with Crippen LogP contribution in [0, 0.1) is 16.0 Å². The highest BCUT2D eigenvalue weighted by Gasteiger charge is 2.21. The van der Waals surface area contributed by atoms with Crippen molar-refractivity contribution in [3.05, 3.63) is 22.2 Å². The Morgan fingerprint density at radius 2 is 2.21 bits per heavy atom. The van der Waals surface area contributed by atoms with Gasteiger partial charge in [-0.1, -0.05) is 13.8 Å². The Kier molecular flexibility index (Phi) is 5.46. The highest BCUT2D eigenvalue weighted by atomic mass is 16.6. The van der Waals surface area contributed by atoms with E-state index >= 15 is 0 Å². The molecule has 0 saturated heterocycles. The first-order valence-electron chi connectivity index (χ1n) is 5.87. The van der Waals surface area contributed by atoms with Crippen molar-refractivity contribution in [1.29, 1.82) is 0 Å². The number of ether oxygens (including phenoxy) is 1. The Balaban J connectivity index is 3.04. The molecular weight excluding hydrogens is 250 g/mol. The van der Waals surface area contributed by atoms with Crippen LogP contribution in [0.15, 0.2) is 12.1 Å². The van der Waals surface area contributed by atoms with Crippen molar-refractivity contribution in [3.63, 3.8) is 0 Å². The molecule has 1 rings (SSSR count). The van der Waals surface area contributed by atoms with Gasteiger partial charge in [0.2, 0.25) is 5.82 Å². The molecule has 106 valence electrons. The van der Waals surface area contributed by atoms with Crippen molar-refractivity contribution in [2.45, 2.75) is 19.9 Å². The Hall–Kier alpha value is -1.93. The normalized spacial score (nSPS) is 12.3. The van der Waals surface area contributed by atoms with Gasteiger partial charge in [0.05, 0.1) is 17.6 Å². The van der Waals surface area contributed by atoms with Crippen LogP contribution in [-0.4, -0.2) is 29.7 Å². The molecule has 19 heavy (non-hydrogen) atoms. The third-order valence-electron chi connectivity index (χ3n) is 2.69. The van der Waals surface area contributed by atoms with Crippen molar-refractivity contribution in [2.24, 2.45) is 11.8 Å². The summed E-state index contributed by atoms with van der Waals surface area (Å²) < 4.78 is 5.09. The van der Waals surface area contributed by atoms with E-state index in [-0.39, 0.29) is 23.5 Å². The molecule has 1 heterocycles. The molecule has 0 aliphatic carbocycles. The molecule has 1 aromatic rings. The Bertz CT molecular complexity index is 438. The molecule has 0 saturated carbocycles. The zero-order valence-electron chi connectivity index (χ0n) is 11.2. The number of pyridine rings is 1. The molecule has 0 bridgehead atoms. The smallest absolute Gasteiger partial charge is 0.311 e. The molecule has 0 fully saturated rings. The molecule has 4 N–H and O–H groups in total. The van der Waals surface area contributed by atoms with E-state index in [0.717, 1.165) is 0 Å². The average molecular weight is 269 g/mol. The number of anilines is 2. The summed E-state index contributed by atoms with van der Waals surface area (Å²) in [5, 5.41) is 14.0. The van der Waals surface area contributed by atoms with E-state index < -0.39 is 4.92 Å². The van der Waals surface area contributed by atoms with Crippen LogP contribution in [0.3, 0.4) is 0 Å². The maximum Gasteiger partial charge on any atom is 0.311 e. The van der Waals surface area contributed by atoms with E-state index in [9.17, 15) is 10.1 Å². The van der Waals surface area contributed by atoms with Gasteiger partial charge < -0.3 is 15.5 Å². The van der Waals surface area contributed by atoms with Crippen molar-refractivity contribution in [2.75, 3.05) is 24.5 Å². The minimum absolute atomic E-state index is 0.0794. The molecule has 1 unspecified atom stereocenters. The zero-order chi connectivity index (χ0) is 14.4. The number of methoxy groups -OCH3 is 1. The Morgan fingerprint density at radius 3 is 2.68 bits per heavy atom. The lowest BCUT2D eigenvalue weighted by molar-refractivity contribution is -0.384. The van der Waals surface area contributed by atoms with Crippen LogP contribution in [0.2, 0.25) is 0 Å². The summed E-state index contributed by atoms with van der Waals surface area (Å²) in [4.78, 5) is 14.6. The van der Waals surface area contributed by atoms with Gasteiger partial charge >= 0.3 is 5.69 Å². The van der Waals surface area contributed by atoms with Crippen LogP contribution in [-0.2, 0) is 4.74 Å². The third kappa shape index (κ3) is 4.04. The molecular formula is C11H19N5O3. The number of hydrogen-bond donors (Lipinski definition) is 3. The summed E-state index contributed by atoms with van der Waals surface area (Å²) >= 11 is 0. The summed E-state index contributed by atoms with van der Waals surface area (Å²) in [6, 6.07) is 2.72. The van der Waals surface area contributed by atoms with Crippen molar-refractivity contribution in [3.8, 4) is 0 Å². The summed E-state index contributed by atoms with van der Waals surface area (Å²) in [7, 11) is 1.58. The molecule has 0 radical (unpaired) electrons. The second-order valence-electron chi connectivity index (χ2n) is 4.42. The van der Waals surface area contributed by atoms with E-state index in [4.69, 9.17) is 10.6 Å². The lowest BCUT2D eigenvalue weighted by atomic mass is 10.1. The fraction of sp³-hybridized carbons (Fsp3) is 0.545. The van der Waals surface area contributed by atoms with Crippen LogP contribution in [0.1, 0.15) is 13.8 Å². The van der Waals surface area contributed by atoms with E-state index in [1.807, 2.05) is 13.8 Å². The van der Waals surface area contributed by atoms with Gasteiger partial charge in [0.25, 0.3) is 0 Å². The van der Waals surface area contributed by atoms with Crippen molar-refractivity contribution < 1.29 is 9.66 Å². The van der Waals surface area contributed by atoms with Gasteiger partial charge in [0.1, 0.15) is 5.82 Å². The summed E-state index contributed by atoms with van der Waals surface area (Å²) in [6.45, 7) is 4.41. The molecule has 0 amide bonds. The Labute approximate surface area is 111 Å². The zero-order valence-corrected chi connectivity index (χ0v) is 11.2. The van der Waals surface area contributed by atoms with E-state index in [1.54, 1.807) is 7.11 Å². The molecule has 1 atom stereocenters. The minimum Gasteiger partial charge on any atom is -0.383 e. The number of nitrogens with zero attached hydrogens (tertiary/aromatic N) is 2. The fourth-order valence-corrected chi connectivity index (χ4v) is 1.54. The van der Waals surface area contributed by atoms with Crippen LogP contribution >= 0.6 is 0 Å². The highest BCUT2D eigenvalue weighted by molar-refractivity contribution is 5.60. The van der Waals surface area contributed by atoms with E-state index in [2.05, 4.69) is 15.7 Å². The molecule has 8 nitrogen and oxygen atoms in total. The second kappa shape index (κ2) is 6.86. The first kappa shape index (κ1) is 15.1. The molecule has 0 aromatic carbocycles. The first-order valence-corrected chi connectivity index (χ1v) is 5.87. The maximum absolute atomic E-state index is 11.0. The van der Waals surface area contributed by atoms with Crippen LogP contribution < -0.4 is 16.6 Å². The number of nitro groups is 1. The molecule has 0 spiro atoms. The van der Waals surface area contributed by atoms with E-state index in [0.29, 0.717) is 12.4 Å². The van der Waals surface area contributed by atoms with Gasteiger partial charge in [-0.15, -0.1) is 0 Å². The quantitative estimate of drug-likeness (QED) is 0.389. The summed E-state index contributed by atoms with van der Waals surface area (Å²) in [6.07, 6.45) is 0. The minimum atomic E-state index is -0.486. The van der Waals surface area contributed by atoms with Crippen molar-refractivity contribution >= 4 is 17.3 Å². The maximum atomic E-state index is 11.0. The van der Waals surface area contributed by atoms with Crippen molar-refractivity contribution in [1.82, 2.24) is 4.98 Å². The SMILES string of the molecule is COCC(Nc1nc(NN)ccc1[N+](=O)[O-])C(C)C. The summed E-state index contributed by atoms with van der Waals surface area (Å²) in [5.41, 5.74) is 2.27. The number of nitrogen functional groups attached to an aromatic ring is 1. The van der Waals surface area contributed by atoms with Gasteiger partial charge in [-0.2, -0.15) is 0 Å². The predicted octanol–water partition coefficient (Wildman–Crippen LogP) is 1.36. The van der Waals surface area contributed by atoms with Gasteiger partial charge in [0.15, 0.2) is 0 Å². The second-order valence-corrected chi connectivity index (χ2v) is 4.42. The van der Waals surface area contributed by atoms with Gasteiger partial charge in [-0.05, 0) is 12.0 Å². The lowest BCUT2D eigenvalue weighted by Gasteiger charge is -2.22. The number of nitrogens with two attached hydrogens (primary N) is 1. The first-order chi connectivity index (χ1) is 8.99. The average Bonchev–Trinajstić information content (AvgIpc) is 2.37. The number of hydrogen-bond acceptors (Lipinski definition) is 7. The summed E-state index contributed by atoms with van der Waals surface area (Å²) in [5.74, 6) is 6.02. The standard InChI is InChI=1S/C11H19N5O3/c1-7(2)8(6-19-3)13-11-9(16(17)18)4-5-10(14-11)15-12/h4-5,7-8H,6,12H2,1-3H3,(H2,13,14,15). The fourth-order valence-electron chi connectivity index (χ4n) is 1.54. The van der Waals surface area contributed by atoms with Gasteiger partial charge in [-0.3, -0.25) is 10.1 Å².